The van der Waals surface area contributed by atoms with Crippen molar-refractivity contribution in [3.05, 3.63) is 166 Å². The van der Waals surface area contributed by atoms with Crippen molar-refractivity contribution in [1.82, 2.24) is 40.9 Å². The van der Waals surface area contributed by atoms with Gasteiger partial charge in [-0.25, -0.2) is 9.59 Å². The molecule has 0 aliphatic heterocycles. The van der Waals surface area contributed by atoms with Crippen LogP contribution in [-0.4, -0.2) is 136 Å². The van der Waals surface area contributed by atoms with E-state index in [-0.39, 0.29) is 41.9 Å². The second-order valence-electron chi connectivity index (χ2n) is 18.2. The molecule has 2 amide bonds. The third kappa shape index (κ3) is 19.9. The molecular weight excluding hydrogens is 1200 g/mol. The quantitative estimate of drug-likeness (QED) is 0.0132. The number of halogens is 3. The van der Waals surface area contributed by atoms with Gasteiger partial charge in [0.2, 0.25) is 6.79 Å². The molecule has 0 unspecified atom stereocenters. The summed E-state index contributed by atoms with van der Waals surface area (Å²) in [6.07, 6.45) is -3.09. The number of aromatic nitrogens is 6. The number of nitrogens with one attached hydrogen (secondary N) is 2. The maximum absolute atomic E-state index is 13.4. The molecule has 0 spiro atoms. The molecule has 8 rings (SSSR count). The van der Waals surface area contributed by atoms with Crippen molar-refractivity contribution in [3.8, 4) is 22.3 Å². The molecule has 84 heavy (non-hydrogen) atoms. The number of nitrogens with zero attached hydrogens (tertiary/aromatic N) is 6. The highest BCUT2D eigenvalue weighted by atomic mass is 79.9. The molecular formula is C57H55BrCl2N8O16. The lowest BCUT2D eigenvalue weighted by Crippen LogP contribution is -2.41. The molecule has 24 nitrogen and oxygen atoms in total. The number of carboxylic acid groups (broad SMARTS) is 1. The Balaban J connectivity index is 0.000000252. The van der Waals surface area contributed by atoms with Crippen LogP contribution in [0.15, 0.2) is 133 Å². The summed E-state index contributed by atoms with van der Waals surface area (Å²) < 4.78 is 18.5. The van der Waals surface area contributed by atoms with Gasteiger partial charge in [0.15, 0.2) is 12.2 Å². The monoisotopic (exact) mass is 1260 g/mol. The number of amides is 2. The number of aliphatic carboxylic acids is 1. The lowest BCUT2D eigenvalue weighted by molar-refractivity contribution is -0.172. The number of carbonyl (C=O) groups is 7. The van der Waals surface area contributed by atoms with E-state index in [2.05, 4.69) is 56.7 Å². The Morgan fingerprint density at radius 1 is 0.560 bits per heavy atom. The minimum atomic E-state index is -1.64. The predicted molar refractivity (Wildman–Crippen MR) is 306 cm³/mol. The van der Waals surface area contributed by atoms with E-state index in [0.29, 0.717) is 43.4 Å². The zero-order valence-electron chi connectivity index (χ0n) is 45.0. The van der Waals surface area contributed by atoms with E-state index in [1.54, 1.807) is 24.3 Å². The van der Waals surface area contributed by atoms with E-state index in [1.807, 2.05) is 84.9 Å². The number of carboxylic acids is 1. The SMILES string of the molecule is CC(=O)OCBr.CC(=O)OCOC(=O)[C@H](O)C[C@@H](Cc1ccc(-c2cccc(Cl)c2)cc1)NC(=O)c1ccc2nnn(OCOC(C)=O)c2c1.O=C(N[C@H](Cc1ccc(-c2cccc(Cl)c2)cc1)C[C@@H](O)C(=O)O)c1ccc2nnn(O)c2c1. The number of alkyl halides is 1. The van der Waals surface area contributed by atoms with Crippen LogP contribution in [0, 0.1) is 0 Å². The van der Waals surface area contributed by atoms with Gasteiger partial charge in [0.1, 0.15) is 27.6 Å². The normalized spacial score (nSPS) is 12.1. The summed E-state index contributed by atoms with van der Waals surface area (Å²) in [5.74, 6) is -4.83. The average Bonchev–Trinajstić information content (AvgIpc) is 4.27. The van der Waals surface area contributed by atoms with E-state index in [0.717, 1.165) is 45.1 Å². The fourth-order valence-corrected chi connectivity index (χ4v) is 8.62. The molecule has 6 N–H and O–H groups in total. The standard InChI is InChI=1S/C30H29ClN4O9.C24H21ClN4O5.C3H5BrO2/c1-18(36)41-16-43-30(40)28(38)15-25(12-20-6-8-21(9-7-20)22-4-3-5-24(31)13-22)32-29(39)23-10-11-26-27(14-23)35(34-33-26)44-17-42-19(2)37;25-18-3-1-2-16(11-18)15-6-4-14(5-7-15)10-19(13-22(30)24(32)33)26-23(31)17-8-9-20-21(12-17)29(34)28-27-20;1-3(5)6-2-4/h3-11,13-14,25,28,38H,12,15-17H2,1-2H3,(H,32,39);1-9,11-12,19,22,30,34H,10,13H2,(H,26,31)(H,32,33);2H2,1H3/t25-,28-;19-,22-;/m11./s1. The Labute approximate surface area is 497 Å². The van der Waals surface area contributed by atoms with Crippen molar-refractivity contribution in [2.75, 3.05) is 19.1 Å². The smallest absolute Gasteiger partial charge is 0.337 e. The first-order chi connectivity index (χ1) is 40.1. The third-order valence-electron chi connectivity index (χ3n) is 12.0. The van der Waals surface area contributed by atoms with Crippen LogP contribution in [0.4, 0.5) is 0 Å². The van der Waals surface area contributed by atoms with Gasteiger partial charge in [-0.05, 0) is 133 Å². The summed E-state index contributed by atoms with van der Waals surface area (Å²) in [7, 11) is 0. The maximum Gasteiger partial charge on any atom is 0.337 e. The van der Waals surface area contributed by atoms with Gasteiger partial charge in [-0.2, -0.15) is 0 Å². The van der Waals surface area contributed by atoms with Crippen LogP contribution in [0.5, 0.6) is 0 Å². The van der Waals surface area contributed by atoms with Gasteiger partial charge in [0, 0.05) is 66.9 Å². The Morgan fingerprint density at radius 3 is 1.49 bits per heavy atom. The number of aliphatic hydroxyl groups excluding tert-OH is 2. The molecule has 0 bridgehead atoms. The Morgan fingerprint density at radius 2 is 1.02 bits per heavy atom. The summed E-state index contributed by atoms with van der Waals surface area (Å²) >= 11 is 15.1. The van der Waals surface area contributed by atoms with E-state index in [4.69, 9.17) is 42.6 Å². The molecule has 0 radical (unpaired) electrons. The Hall–Kier alpha value is -9.01. The zero-order chi connectivity index (χ0) is 60.9. The summed E-state index contributed by atoms with van der Waals surface area (Å²) in [6.45, 7) is 2.69. The van der Waals surface area contributed by atoms with Crippen molar-refractivity contribution in [3.63, 3.8) is 0 Å². The van der Waals surface area contributed by atoms with Crippen molar-refractivity contribution in [2.24, 2.45) is 0 Å². The lowest BCUT2D eigenvalue weighted by Gasteiger charge is -2.21. The molecule has 0 fully saturated rings. The minimum absolute atomic E-state index is 0.182. The molecule has 0 aliphatic carbocycles. The number of hydrogen-bond donors (Lipinski definition) is 6. The number of carbonyl (C=O) groups excluding carboxylic acids is 6. The number of aliphatic hydroxyl groups is 2. The summed E-state index contributed by atoms with van der Waals surface area (Å²) in [5, 5.41) is 61.2. The molecule has 0 saturated carbocycles. The summed E-state index contributed by atoms with van der Waals surface area (Å²) in [6, 6.07) is 37.7. The highest BCUT2D eigenvalue weighted by Gasteiger charge is 2.26. The Kier molecular flexibility index (Phi) is 24.0. The van der Waals surface area contributed by atoms with Crippen LogP contribution in [0.25, 0.3) is 44.3 Å². The van der Waals surface area contributed by atoms with Crippen LogP contribution in [-0.2, 0) is 55.8 Å². The van der Waals surface area contributed by atoms with E-state index < -0.39 is 73.6 Å². The van der Waals surface area contributed by atoms with Gasteiger partial charge in [-0.3, -0.25) is 24.0 Å². The van der Waals surface area contributed by atoms with Gasteiger partial charge in [-0.1, -0.05) is 106 Å². The van der Waals surface area contributed by atoms with Crippen molar-refractivity contribution in [2.45, 2.75) is 70.7 Å². The molecule has 2 aromatic heterocycles. The highest BCUT2D eigenvalue weighted by molar-refractivity contribution is 9.09. The van der Waals surface area contributed by atoms with E-state index in [1.165, 1.54) is 38.1 Å². The molecule has 0 saturated heterocycles. The van der Waals surface area contributed by atoms with E-state index in [9.17, 15) is 49.0 Å². The number of hydrogen-bond acceptors (Lipinski definition) is 19. The van der Waals surface area contributed by atoms with Crippen LogP contribution in [0.1, 0.15) is 65.5 Å². The lowest BCUT2D eigenvalue weighted by atomic mass is 9.97. The number of ether oxygens (including phenoxy) is 4. The first-order valence-corrected chi connectivity index (χ1v) is 27.1. The fraction of sp³-hybridized carbons (Fsp3) is 0.246. The topological polar surface area (TPSA) is 332 Å². The van der Waals surface area contributed by atoms with Gasteiger partial charge in [-0.15, -0.1) is 10.2 Å². The van der Waals surface area contributed by atoms with Crippen LogP contribution >= 0.6 is 39.1 Å². The molecule has 6 aromatic carbocycles. The van der Waals surface area contributed by atoms with Crippen molar-refractivity contribution in [1.29, 1.82) is 0 Å². The van der Waals surface area contributed by atoms with Crippen molar-refractivity contribution >= 4 is 103 Å². The molecule has 2 heterocycles. The second kappa shape index (κ2) is 31.4. The zero-order valence-corrected chi connectivity index (χ0v) is 48.1. The summed E-state index contributed by atoms with van der Waals surface area (Å²) in [5.41, 5.74) is 7.62. The molecule has 0 aliphatic rings. The van der Waals surface area contributed by atoms with Crippen LogP contribution in [0.3, 0.4) is 0 Å². The van der Waals surface area contributed by atoms with Gasteiger partial charge in [0.05, 0.1) is 0 Å². The van der Waals surface area contributed by atoms with Gasteiger partial charge < -0.3 is 54.9 Å². The molecule has 8 aromatic rings. The number of fused-ring (bicyclic) bond motifs is 2. The number of benzene rings is 6. The highest BCUT2D eigenvalue weighted by Crippen LogP contribution is 2.26. The van der Waals surface area contributed by atoms with Gasteiger partial charge >= 0.3 is 29.8 Å². The van der Waals surface area contributed by atoms with Crippen molar-refractivity contribution < 1.29 is 77.9 Å². The fourth-order valence-electron chi connectivity index (χ4n) is 7.92. The maximum atomic E-state index is 13.4. The second-order valence-corrected chi connectivity index (χ2v) is 19.5. The van der Waals surface area contributed by atoms with Crippen LogP contribution in [0.2, 0.25) is 10.0 Å². The van der Waals surface area contributed by atoms with E-state index >= 15 is 0 Å². The third-order valence-corrected chi connectivity index (χ3v) is 12.7. The minimum Gasteiger partial charge on any atom is -0.479 e. The summed E-state index contributed by atoms with van der Waals surface area (Å²) in [4.78, 5) is 88.4. The Bertz CT molecular complexity index is 3590. The predicted octanol–water partition coefficient (Wildman–Crippen LogP) is 6.92. The first-order valence-electron chi connectivity index (χ1n) is 25.2. The average molecular weight is 1260 g/mol. The molecule has 4 atom stereocenters. The van der Waals surface area contributed by atoms with Crippen LogP contribution < -0.4 is 15.5 Å². The largest absolute Gasteiger partial charge is 0.479 e. The van der Waals surface area contributed by atoms with Gasteiger partial charge in [0.25, 0.3) is 18.6 Å². The molecule has 27 heteroatoms. The number of rotatable bonds is 22. The molecule has 440 valence electrons. The first kappa shape index (κ1) is 64.2. The number of esters is 4.